The maximum atomic E-state index is 8.29. The molecule has 0 saturated heterocycles. The number of halogens is 1. The normalized spacial score (nSPS) is 10.8. The lowest BCUT2D eigenvalue weighted by Gasteiger charge is -1.97. The molecule has 0 unspecified atom stereocenters. The monoisotopic (exact) mass is 179 g/mol. The van der Waals surface area contributed by atoms with Crippen LogP contribution < -0.4 is 5.73 Å². The Morgan fingerprint density at radius 2 is 2.42 bits per heavy atom. The third-order valence-electron chi connectivity index (χ3n) is 1.24. The average Bonchev–Trinajstić information content (AvgIpc) is 2.06. The summed E-state index contributed by atoms with van der Waals surface area (Å²) in [6.07, 6.45) is 2.71. The number of hydrogen-bond donors (Lipinski definition) is 1. The highest BCUT2D eigenvalue weighted by Crippen LogP contribution is 2.09. The van der Waals surface area contributed by atoms with E-state index in [-0.39, 0.29) is 0 Å². The van der Waals surface area contributed by atoms with Gasteiger partial charge in [0.1, 0.15) is 0 Å². The number of pyridine rings is 1. The summed E-state index contributed by atoms with van der Waals surface area (Å²) in [5, 5.41) is 8.84. The summed E-state index contributed by atoms with van der Waals surface area (Å²) in [6.45, 7) is 0. The van der Waals surface area contributed by atoms with Gasteiger partial charge in [0.15, 0.2) is 0 Å². The van der Waals surface area contributed by atoms with Crippen molar-refractivity contribution in [1.29, 1.82) is 5.26 Å². The smallest absolute Gasteiger partial charge is 0.0934 e. The summed E-state index contributed by atoms with van der Waals surface area (Å²) >= 11 is 5.61. The van der Waals surface area contributed by atoms with Gasteiger partial charge in [-0.25, -0.2) is 0 Å². The van der Waals surface area contributed by atoms with Crippen molar-refractivity contribution in [3.8, 4) is 6.07 Å². The molecule has 0 amide bonds. The first kappa shape index (κ1) is 8.57. The molecule has 3 nitrogen and oxygen atoms in total. The van der Waals surface area contributed by atoms with Crippen LogP contribution in [-0.2, 0) is 0 Å². The highest BCUT2D eigenvalue weighted by molar-refractivity contribution is 6.30. The van der Waals surface area contributed by atoms with E-state index in [0.717, 1.165) is 0 Å². The molecule has 0 aliphatic rings. The van der Waals surface area contributed by atoms with Crippen molar-refractivity contribution in [2.24, 2.45) is 5.73 Å². The summed E-state index contributed by atoms with van der Waals surface area (Å²) in [4.78, 5) is 3.92. The van der Waals surface area contributed by atoms with E-state index in [9.17, 15) is 0 Å². The van der Waals surface area contributed by atoms with Crippen molar-refractivity contribution >= 4 is 17.3 Å². The van der Waals surface area contributed by atoms with E-state index in [0.29, 0.717) is 16.4 Å². The summed E-state index contributed by atoms with van der Waals surface area (Å²) < 4.78 is 0. The first-order chi connectivity index (χ1) is 5.74. The van der Waals surface area contributed by atoms with Crippen LogP contribution in [-0.4, -0.2) is 4.98 Å². The Bertz CT molecular complexity index is 334. The van der Waals surface area contributed by atoms with Gasteiger partial charge in [0.05, 0.1) is 22.5 Å². The Balaban J connectivity index is 2.99. The molecule has 1 aromatic rings. The number of rotatable bonds is 1. The molecule has 1 aromatic heterocycles. The van der Waals surface area contributed by atoms with Crippen LogP contribution in [0.4, 0.5) is 0 Å². The zero-order valence-electron chi connectivity index (χ0n) is 6.16. The fourth-order valence-corrected chi connectivity index (χ4v) is 0.802. The van der Waals surface area contributed by atoms with Crippen LogP contribution in [0.2, 0.25) is 5.02 Å². The highest BCUT2D eigenvalue weighted by Gasteiger charge is 1.96. The summed E-state index contributed by atoms with van der Waals surface area (Å²) in [7, 11) is 0. The van der Waals surface area contributed by atoms with Crippen molar-refractivity contribution in [1.82, 2.24) is 4.98 Å². The van der Waals surface area contributed by atoms with Crippen molar-refractivity contribution in [3.05, 3.63) is 35.1 Å². The third kappa shape index (κ3) is 1.97. The predicted octanol–water partition coefficient (Wildman–Crippen LogP) is 1.56. The first-order valence-electron chi connectivity index (χ1n) is 3.21. The van der Waals surface area contributed by atoms with Gasteiger partial charge in [-0.1, -0.05) is 11.6 Å². The van der Waals surface area contributed by atoms with Crippen molar-refractivity contribution in [2.75, 3.05) is 0 Å². The number of nitriles is 1. The molecular formula is C8H6ClN3. The molecule has 1 rings (SSSR count). The predicted molar refractivity (Wildman–Crippen MR) is 47.0 cm³/mol. The van der Waals surface area contributed by atoms with E-state index in [1.807, 2.05) is 6.07 Å². The van der Waals surface area contributed by atoms with Crippen LogP contribution in [0.15, 0.2) is 24.4 Å². The van der Waals surface area contributed by atoms with Gasteiger partial charge in [-0.05, 0) is 12.1 Å². The van der Waals surface area contributed by atoms with E-state index < -0.39 is 0 Å². The van der Waals surface area contributed by atoms with Gasteiger partial charge in [0.2, 0.25) is 0 Å². The number of nitrogens with two attached hydrogens (primary N) is 1. The van der Waals surface area contributed by atoms with Crippen molar-refractivity contribution in [3.63, 3.8) is 0 Å². The average molecular weight is 180 g/mol. The number of hydrogen-bond acceptors (Lipinski definition) is 3. The van der Waals surface area contributed by atoms with Crippen molar-refractivity contribution < 1.29 is 0 Å². The van der Waals surface area contributed by atoms with Crippen LogP contribution in [0.1, 0.15) is 5.69 Å². The second-order valence-corrected chi connectivity index (χ2v) is 2.53. The topological polar surface area (TPSA) is 62.7 Å². The number of allylic oxidation sites excluding steroid dienone is 1. The molecule has 0 atom stereocenters. The number of nitrogens with zero attached hydrogens (tertiary/aromatic N) is 2. The Labute approximate surface area is 75.1 Å². The lowest BCUT2D eigenvalue weighted by atomic mass is 10.3. The van der Waals surface area contributed by atoms with Gasteiger partial charge in [0, 0.05) is 12.3 Å². The van der Waals surface area contributed by atoms with E-state index in [2.05, 4.69) is 4.98 Å². The third-order valence-corrected chi connectivity index (χ3v) is 1.47. The van der Waals surface area contributed by atoms with E-state index >= 15 is 0 Å². The number of aromatic nitrogens is 1. The summed E-state index contributed by atoms with van der Waals surface area (Å²) in [5.74, 6) is 0. The standard InChI is InChI=1S/C8H6ClN3/c9-6-1-2-8(12-5-6)7(11)3-4-10/h1-3,5H,11H2. The maximum Gasteiger partial charge on any atom is 0.0934 e. The van der Waals surface area contributed by atoms with Crippen molar-refractivity contribution in [2.45, 2.75) is 0 Å². The van der Waals surface area contributed by atoms with Crippen LogP contribution in [0.3, 0.4) is 0 Å². The Kier molecular flexibility index (Phi) is 2.67. The Morgan fingerprint density at radius 1 is 1.67 bits per heavy atom. The summed E-state index contributed by atoms with van der Waals surface area (Å²) in [5.41, 5.74) is 6.39. The van der Waals surface area contributed by atoms with Gasteiger partial charge in [-0.15, -0.1) is 0 Å². The van der Waals surface area contributed by atoms with Crippen LogP contribution in [0.25, 0.3) is 5.70 Å². The molecule has 0 spiro atoms. The molecule has 4 heteroatoms. The van der Waals surface area contributed by atoms with Crippen LogP contribution in [0.5, 0.6) is 0 Å². The molecule has 0 radical (unpaired) electrons. The quantitative estimate of drug-likeness (QED) is 0.666. The molecule has 60 valence electrons. The molecule has 2 N–H and O–H groups in total. The van der Waals surface area contributed by atoms with Gasteiger partial charge >= 0.3 is 0 Å². The largest absolute Gasteiger partial charge is 0.396 e. The molecule has 1 heterocycles. The molecule has 0 bridgehead atoms. The van der Waals surface area contributed by atoms with Crippen LogP contribution in [0, 0.1) is 11.3 Å². The lowest BCUT2D eigenvalue weighted by molar-refractivity contribution is 1.26. The van der Waals surface area contributed by atoms with Crippen LogP contribution >= 0.6 is 11.6 Å². The molecule has 12 heavy (non-hydrogen) atoms. The molecule has 0 aliphatic carbocycles. The maximum absolute atomic E-state index is 8.29. The fourth-order valence-electron chi connectivity index (χ4n) is 0.690. The minimum atomic E-state index is 0.342. The highest BCUT2D eigenvalue weighted by atomic mass is 35.5. The SMILES string of the molecule is N#CC=C(N)c1ccc(Cl)cn1. The molecular weight excluding hydrogens is 174 g/mol. The molecule has 0 saturated carbocycles. The first-order valence-corrected chi connectivity index (χ1v) is 3.59. The van der Waals surface area contributed by atoms with E-state index in [4.69, 9.17) is 22.6 Å². The lowest BCUT2D eigenvalue weighted by Crippen LogP contribution is -1.97. The Morgan fingerprint density at radius 3 is 2.92 bits per heavy atom. The Hall–Kier alpha value is -1.53. The second-order valence-electron chi connectivity index (χ2n) is 2.09. The van der Waals surface area contributed by atoms with Gasteiger partial charge in [-0.3, -0.25) is 4.98 Å². The van der Waals surface area contributed by atoms with Gasteiger partial charge < -0.3 is 5.73 Å². The zero-order chi connectivity index (χ0) is 8.97. The fraction of sp³-hybridized carbons (Fsp3) is 0. The molecule has 0 fully saturated rings. The van der Waals surface area contributed by atoms with E-state index in [1.165, 1.54) is 12.3 Å². The van der Waals surface area contributed by atoms with E-state index in [1.54, 1.807) is 12.1 Å². The molecule has 0 aliphatic heterocycles. The summed E-state index contributed by atoms with van der Waals surface area (Å²) in [6, 6.07) is 5.15. The minimum Gasteiger partial charge on any atom is -0.396 e. The minimum absolute atomic E-state index is 0.342. The van der Waals surface area contributed by atoms with Gasteiger partial charge in [0.25, 0.3) is 0 Å². The zero-order valence-corrected chi connectivity index (χ0v) is 6.92. The molecule has 0 aromatic carbocycles. The second kappa shape index (κ2) is 3.74. The van der Waals surface area contributed by atoms with Gasteiger partial charge in [-0.2, -0.15) is 5.26 Å².